The highest BCUT2D eigenvalue weighted by Crippen LogP contribution is 2.29. The van der Waals surface area contributed by atoms with E-state index in [1.54, 1.807) is 0 Å². The minimum Gasteiger partial charge on any atom is -0.394 e. The maximum atomic E-state index is 10.0. The van der Waals surface area contributed by atoms with Crippen molar-refractivity contribution < 1.29 is 5.11 Å². The van der Waals surface area contributed by atoms with Crippen LogP contribution in [0, 0.1) is 6.92 Å². The number of aryl methyl sites for hydroxylation is 1. The second-order valence-electron chi connectivity index (χ2n) is 5.49. The first-order chi connectivity index (χ1) is 8.50. The molecule has 4 N–H and O–H groups in total. The number of nitrogens with two attached hydrogens (primary N) is 1. The summed E-state index contributed by atoms with van der Waals surface area (Å²) in [5.74, 6) is 0.855. The number of aliphatic hydroxyl groups excluding tert-OH is 1. The minimum absolute atomic E-state index is 0.0923. The van der Waals surface area contributed by atoms with Crippen molar-refractivity contribution in [3.8, 4) is 0 Å². The molecule has 0 bridgehead atoms. The lowest BCUT2D eigenvalue weighted by Crippen LogP contribution is -2.37. The van der Waals surface area contributed by atoms with Gasteiger partial charge in [-0.15, -0.1) is 0 Å². The van der Waals surface area contributed by atoms with Gasteiger partial charge in [0.2, 0.25) is 0 Å². The van der Waals surface area contributed by atoms with Crippen LogP contribution >= 0.6 is 0 Å². The number of hydrogen-bond donors (Lipinski definition) is 3. The fourth-order valence-corrected chi connectivity index (χ4v) is 2.53. The average Bonchev–Trinajstić information content (AvgIpc) is 2.60. The predicted molar refractivity (Wildman–Crippen MR) is 73.6 cm³/mol. The minimum atomic E-state index is -0.283. The lowest BCUT2D eigenvalue weighted by Gasteiger charge is -2.29. The van der Waals surface area contributed by atoms with Crippen molar-refractivity contribution in [1.82, 2.24) is 9.78 Å². The first-order valence-electron chi connectivity index (χ1n) is 6.80. The third kappa shape index (κ3) is 2.46. The smallest absolute Gasteiger partial charge is 0.148 e. The quantitative estimate of drug-likeness (QED) is 0.769. The molecule has 1 aromatic heterocycles. The molecule has 2 unspecified atom stereocenters. The number of anilines is 2. The Hall–Kier alpha value is -1.23. The van der Waals surface area contributed by atoms with Crippen LogP contribution in [-0.4, -0.2) is 27.0 Å². The molecule has 0 amide bonds. The Morgan fingerprint density at radius 2 is 2.06 bits per heavy atom. The summed E-state index contributed by atoms with van der Waals surface area (Å²) in [4.78, 5) is 0. The summed E-state index contributed by atoms with van der Waals surface area (Å²) >= 11 is 0. The van der Waals surface area contributed by atoms with E-state index >= 15 is 0 Å². The average molecular weight is 252 g/mol. The van der Waals surface area contributed by atoms with Crippen molar-refractivity contribution in [3.05, 3.63) is 5.69 Å². The van der Waals surface area contributed by atoms with Crippen LogP contribution in [0.25, 0.3) is 0 Å². The van der Waals surface area contributed by atoms with Gasteiger partial charge in [0.15, 0.2) is 0 Å². The fourth-order valence-electron chi connectivity index (χ4n) is 2.53. The van der Waals surface area contributed by atoms with E-state index in [1.807, 2.05) is 11.6 Å². The maximum absolute atomic E-state index is 10.0. The van der Waals surface area contributed by atoms with Crippen molar-refractivity contribution in [2.45, 2.75) is 64.6 Å². The van der Waals surface area contributed by atoms with Crippen LogP contribution < -0.4 is 11.1 Å². The van der Waals surface area contributed by atoms with Crippen LogP contribution in [0.5, 0.6) is 0 Å². The zero-order valence-electron chi connectivity index (χ0n) is 11.5. The summed E-state index contributed by atoms with van der Waals surface area (Å²) in [7, 11) is 0. The Kier molecular flexibility index (Phi) is 3.80. The van der Waals surface area contributed by atoms with Crippen molar-refractivity contribution in [2.24, 2.45) is 0 Å². The van der Waals surface area contributed by atoms with Gasteiger partial charge in [-0.05, 0) is 33.6 Å². The first kappa shape index (κ1) is 13.2. The molecule has 0 aliphatic heterocycles. The van der Waals surface area contributed by atoms with Crippen LogP contribution in [0.15, 0.2) is 0 Å². The Labute approximate surface area is 108 Å². The van der Waals surface area contributed by atoms with Crippen LogP contribution in [0.1, 0.15) is 51.3 Å². The first-order valence-corrected chi connectivity index (χ1v) is 6.80. The second-order valence-corrected chi connectivity index (χ2v) is 5.49. The molecule has 18 heavy (non-hydrogen) atoms. The summed E-state index contributed by atoms with van der Waals surface area (Å²) in [6.07, 6.45) is 3.84. The van der Waals surface area contributed by atoms with Gasteiger partial charge in [0, 0.05) is 6.04 Å². The predicted octanol–water partition coefficient (Wildman–Crippen LogP) is 2.07. The zero-order chi connectivity index (χ0) is 13.3. The summed E-state index contributed by atoms with van der Waals surface area (Å²) in [6.45, 7) is 6.07. The number of aromatic nitrogens is 2. The molecule has 102 valence electrons. The molecule has 1 saturated carbocycles. The summed E-state index contributed by atoms with van der Waals surface area (Å²) in [5.41, 5.74) is 7.62. The van der Waals surface area contributed by atoms with Gasteiger partial charge in [0.25, 0.3) is 0 Å². The highest BCUT2D eigenvalue weighted by atomic mass is 16.3. The monoisotopic (exact) mass is 252 g/mol. The van der Waals surface area contributed by atoms with Gasteiger partial charge < -0.3 is 16.2 Å². The summed E-state index contributed by atoms with van der Waals surface area (Å²) in [5, 5.41) is 17.9. The Balaban J connectivity index is 2.22. The molecule has 5 heteroatoms. The zero-order valence-corrected chi connectivity index (χ0v) is 11.5. The third-order valence-electron chi connectivity index (χ3n) is 3.67. The summed E-state index contributed by atoms with van der Waals surface area (Å²) in [6, 6.07) is 0.346. The standard InChI is InChI=1S/C13H24N4O/c1-8(2)17-13(12(14)9(3)16-17)15-10-6-4-5-7-11(10)18/h8,10-11,15,18H,4-7,14H2,1-3H3. The molecule has 1 heterocycles. The number of hydrogen-bond acceptors (Lipinski definition) is 4. The van der Waals surface area contributed by atoms with E-state index in [2.05, 4.69) is 24.3 Å². The molecule has 1 aromatic rings. The molecule has 0 saturated heterocycles. The number of nitrogen functional groups attached to an aromatic ring is 1. The van der Waals surface area contributed by atoms with E-state index < -0.39 is 0 Å². The van der Waals surface area contributed by atoms with Gasteiger partial charge in [-0.1, -0.05) is 12.8 Å². The van der Waals surface area contributed by atoms with Gasteiger partial charge in [-0.2, -0.15) is 5.10 Å². The number of nitrogens with zero attached hydrogens (tertiary/aromatic N) is 2. The van der Waals surface area contributed by atoms with Crippen LogP contribution in [-0.2, 0) is 0 Å². The lowest BCUT2D eigenvalue weighted by molar-refractivity contribution is 0.116. The van der Waals surface area contributed by atoms with Crippen LogP contribution in [0.3, 0.4) is 0 Å². The van der Waals surface area contributed by atoms with Gasteiger partial charge in [-0.3, -0.25) is 0 Å². The van der Waals surface area contributed by atoms with Gasteiger partial charge >= 0.3 is 0 Å². The molecule has 1 fully saturated rings. The number of aliphatic hydroxyl groups is 1. The van der Waals surface area contributed by atoms with Crippen molar-refractivity contribution in [1.29, 1.82) is 0 Å². The van der Waals surface area contributed by atoms with Crippen molar-refractivity contribution in [3.63, 3.8) is 0 Å². The third-order valence-corrected chi connectivity index (χ3v) is 3.67. The molecular formula is C13H24N4O. The molecule has 5 nitrogen and oxygen atoms in total. The maximum Gasteiger partial charge on any atom is 0.148 e. The van der Waals surface area contributed by atoms with Crippen LogP contribution in [0.2, 0.25) is 0 Å². The number of nitrogens with one attached hydrogen (secondary N) is 1. The molecule has 1 aliphatic rings. The fraction of sp³-hybridized carbons (Fsp3) is 0.769. The van der Waals surface area contributed by atoms with E-state index in [-0.39, 0.29) is 18.2 Å². The Bertz CT molecular complexity index is 413. The molecular weight excluding hydrogens is 228 g/mol. The number of rotatable bonds is 3. The molecule has 0 radical (unpaired) electrons. The normalized spacial score (nSPS) is 24.5. The van der Waals surface area contributed by atoms with E-state index in [0.717, 1.165) is 37.2 Å². The molecule has 0 spiro atoms. The van der Waals surface area contributed by atoms with Crippen LogP contribution in [0.4, 0.5) is 11.5 Å². The molecule has 2 atom stereocenters. The topological polar surface area (TPSA) is 76.1 Å². The van der Waals surface area contributed by atoms with E-state index in [0.29, 0.717) is 5.69 Å². The molecule has 0 aromatic carbocycles. The Morgan fingerprint density at radius 1 is 1.39 bits per heavy atom. The van der Waals surface area contributed by atoms with E-state index in [9.17, 15) is 5.11 Å². The molecule has 1 aliphatic carbocycles. The van der Waals surface area contributed by atoms with Crippen molar-refractivity contribution >= 4 is 11.5 Å². The highest BCUT2D eigenvalue weighted by Gasteiger charge is 2.25. The van der Waals surface area contributed by atoms with E-state index in [1.165, 1.54) is 0 Å². The molecule has 2 rings (SSSR count). The summed E-state index contributed by atoms with van der Waals surface area (Å²) < 4.78 is 1.91. The highest BCUT2D eigenvalue weighted by molar-refractivity contribution is 5.65. The SMILES string of the molecule is Cc1nn(C(C)C)c(NC2CCCCC2O)c1N. The van der Waals surface area contributed by atoms with E-state index in [4.69, 9.17) is 5.73 Å². The van der Waals surface area contributed by atoms with Gasteiger partial charge in [0.1, 0.15) is 5.82 Å². The van der Waals surface area contributed by atoms with Gasteiger partial charge in [0.05, 0.1) is 23.5 Å². The van der Waals surface area contributed by atoms with Crippen molar-refractivity contribution in [2.75, 3.05) is 11.1 Å². The second kappa shape index (κ2) is 5.18. The largest absolute Gasteiger partial charge is 0.394 e. The Morgan fingerprint density at radius 3 is 2.67 bits per heavy atom. The lowest BCUT2D eigenvalue weighted by atomic mass is 9.92. The van der Waals surface area contributed by atoms with Gasteiger partial charge in [-0.25, -0.2) is 4.68 Å².